The van der Waals surface area contributed by atoms with Crippen molar-refractivity contribution in [3.63, 3.8) is 0 Å². The van der Waals surface area contributed by atoms with E-state index in [9.17, 15) is 24.0 Å². The number of rotatable bonds is 18. The van der Waals surface area contributed by atoms with Gasteiger partial charge in [-0.25, -0.2) is 10.3 Å². The summed E-state index contributed by atoms with van der Waals surface area (Å²) in [5.74, 6) is -3.37. The van der Waals surface area contributed by atoms with Crippen LogP contribution in [0.15, 0.2) is 65.1 Å². The molecule has 1 aromatic heterocycles. The molecular weight excluding hydrogens is 606 g/mol. The van der Waals surface area contributed by atoms with Crippen molar-refractivity contribution in [1.29, 1.82) is 0 Å². The molecule has 0 aliphatic heterocycles. The van der Waals surface area contributed by atoms with Crippen LogP contribution in [0.4, 0.5) is 0 Å². The van der Waals surface area contributed by atoms with Crippen LogP contribution in [0.3, 0.4) is 0 Å². The van der Waals surface area contributed by atoms with Crippen molar-refractivity contribution in [2.45, 2.75) is 59.0 Å². The standard InChI is InChI=1S/C35H43N3O9/c1-5-7-9-14-28(26(6-2)33(41)38-46-21-23-12-10-8-11-13-23)32(40)36-22-37-34(42)30-18-17-29(47-30)24-15-16-27(35(43)45-4)25(19-24)20-31(39)44-3/h8,10-13,15-19,26,28H,5-7,9,14,20-22H2,1-4H3,(H,36,40)(H,37,42)(H,38,41)/t26-,28-/m1/s1. The average Bonchev–Trinajstić information content (AvgIpc) is 3.58. The number of carbonyl (C=O) groups excluding carboxylic acids is 5. The molecule has 2 aromatic carbocycles. The summed E-state index contributed by atoms with van der Waals surface area (Å²) in [6.45, 7) is 3.92. The fourth-order valence-electron chi connectivity index (χ4n) is 5.10. The molecule has 3 rings (SSSR count). The monoisotopic (exact) mass is 649 g/mol. The van der Waals surface area contributed by atoms with Crippen molar-refractivity contribution in [1.82, 2.24) is 16.1 Å². The Labute approximate surface area is 274 Å². The van der Waals surface area contributed by atoms with E-state index in [0.29, 0.717) is 29.7 Å². The Hall–Kier alpha value is -4.97. The highest BCUT2D eigenvalue weighted by atomic mass is 16.6. The molecule has 0 saturated heterocycles. The lowest BCUT2D eigenvalue weighted by Gasteiger charge is -2.24. The van der Waals surface area contributed by atoms with Crippen LogP contribution in [-0.4, -0.2) is 50.5 Å². The Balaban J connectivity index is 1.62. The summed E-state index contributed by atoms with van der Waals surface area (Å²) in [6, 6.07) is 17.2. The Morgan fingerprint density at radius 2 is 1.60 bits per heavy atom. The normalized spacial score (nSPS) is 12.0. The molecule has 12 heteroatoms. The number of benzene rings is 2. The predicted molar refractivity (Wildman–Crippen MR) is 172 cm³/mol. The molecule has 1 heterocycles. The van der Waals surface area contributed by atoms with Crippen LogP contribution in [0.1, 0.15) is 78.0 Å². The highest BCUT2D eigenvalue weighted by molar-refractivity contribution is 5.94. The number of unbranched alkanes of at least 4 members (excludes halogenated alkanes) is 2. The number of furan rings is 1. The third kappa shape index (κ3) is 10.8. The first-order valence-electron chi connectivity index (χ1n) is 15.6. The fourth-order valence-corrected chi connectivity index (χ4v) is 5.10. The van der Waals surface area contributed by atoms with Crippen LogP contribution in [-0.2, 0) is 41.7 Å². The molecule has 0 bridgehead atoms. The summed E-state index contributed by atoms with van der Waals surface area (Å²) in [5, 5.41) is 5.35. The zero-order valence-corrected chi connectivity index (χ0v) is 27.3. The van der Waals surface area contributed by atoms with Crippen molar-refractivity contribution in [2.24, 2.45) is 11.8 Å². The molecule has 3 amide bonds. The number of hydrogen-bond donors (Lipinski definition) is 3. The van der Waals surface area contributed by atoms with Gasteiger partial charge in [0.1, 0.15) is 5.76 Å². The van der Waals surface area contributed by atoms with Gasteiger partial charge in [-0.2, -0.15) is 0 Å². The molecule has 252 valence electrons. The van der Waals surface area contributed by atoms with Gasteiger partial charge in [0.25, 0.3) is 5.91 Å². The van der Waals surface area contributed by atoms with Crippen LogP contribution >= 0.6 is 0 Å². The van der Waals surface area contributed by atoms with E-state index in [2.05, 4.69) is 23.0 Å². The maximum atomic E-state index is 13.3. The number of amides is 3. The SMILES string of the molecule is CCCCC[C@@H](C(=O)NCNC(=O)c1ccc(-c2ccc(C(=O)OC)c(CC(=O)OC)c2)o1)[C@@H](CC)C(=O)NOCc1ccccc1. The van der Waals surface area contributed by atoms with Crippen LogP contribution in [0.2, 0.25) is 0 Å². The van der Waals surface area contributed by atoms with E-state index in [4.69, 9.17) is 18.7 Å². The Morgan fingerprint density at radius 1 is 0.830 bits per heavy atom. The summed E-state index contributed by atoms with van der Waals surface area (Å²) in [7, 11) is 2.49. The van der Waals surface area contributed by atoms with Crippen molar-refractivity contribution in [3.8, 4) is 11.3 Å². The van der Waals surface area contributed by atoms with Gasteiger partial charge < -0.3 is 24.5 Å². The summed E-state index contributed by atoms with van der Waals surface area (Å²) in [4.78, 5) is 68.7. The van der Waals surface area contributed by atoms with Crippen molar-refractivity contribution >= 4 is 29.7 Å². The minimum Gasteiger partial charge on any atom is -0.469 e. The molecule has 12 nitrogen and oxygen atoms in total. The molecule has 0 saturated carbocycles. The molecule has 0 spiro atoms. The maximum Gasteiger partial charge on any atom is 0.338 e. The molecule has 0 aliphatic carbocycles. The van der Waals surface area contributed by atoms with Crippen LogP contribution in [0.25, 0.3) is 11.3 Å². The first kappa shape index (κ1) is 36.5. The number of nitrogens with one attached hydrogen (secondary N) is 3. The molecule has 2 atom stereocenters. The van der Waals surface area contributed by atoms with Gasteiger partial charge in [-0.3, -0.25) is 24.0 Å². The summed E-state index contributed by atoms with van der Waals surface area (Å²) in [5.41, 5.74) is 4.51. The lowest BCUT2D eigenvalue weighted by atomic mass is 9.84. The number of hydroxylamine groups is 1. The second kappa shape index (κ2) is 18.9. The smallest absolute Gasteiger partial charge is 0.338 e. The first-order chi connectivity index (χ1) is 22.7. The third-order valence-electron chi connectivity index (χ3n) is 7.67. The van der Waals surface area contributed by atoms with Gasteiger partial charge in [0.15, 0.2) is 5.76 Å². The zero-order chi connectivity index (χ0) is 34.2. The molecule has 0 aliphatic rings. The predicted octanol–water partition coefficient (Wildman–Crippen LogP) is 4.72. The van der Waals surface area contributed by atoms with Crippen LogP contribution < -0.4 is 16.1 Å². The van der Waals surface area contributed by atoms with Gasteiger partial charge in [0.2, 0.25) is 11.8 Å². The van der Waals surface area contributed by atoms with E-state index < -0.39 is 29.7 Å². The Kier molecular flexibility index (Phi) is 14.7. The Bertz CT molecular complexity index is 1500. The van der Waals surface area contributed by atoms with Gasteiger partial charge in [0, 0.05) is 11.5 Å². The van der Waals surface area contributed by atoms with E-state index in [1.807, 2.05) is 37.3 Å². The summed E-state index contributed by atoms with van der Waals surface area (Å²) < 4.78 is 15.3. The topological polar surface area (TPSA) is 162 Å². The molecule has 0 radical (unpaired) electrons. The van der Waals surface area contributed by atoms with E-state index in [1.165, 1.54) is 26.4 Å². The number of ether oxygens (including phenoxy) is 2. The minimum atomic E-state index is -0.624. The maximum absolute atomic E-state index is 13.3. The Morgan fingerprint density at radius 3 is 2.28 bits per heavy atom. The quantitative estimate of drug-likeness (QED) is 0.0766. The third-order valence-corrected chi connectivity index (χ3v) is 7.67. The van der Waals surface area contributed by atoms with Gasteiger partial charge >= 0.3 is 11.9 Å². The van der Waals surface area contributed by atoms with Crippen LogP contribution in [0, 0.1) is 11.8 Å². The van der Waals surface area contributed by atoms with E-state index in [0.717, 1.165) is 24.8 Å². The number of carbonyl (C=O) groups is 5. The van der Waals surface area contributed by atoms with Crippen molar-refractivity contribution < 1.29 is 42.7 Å². The van der Waals surface area contributed by atoms with E-state index >= 15 is 0 Å². The number of esters is 2. The summed E-state index contributed by atoms with van der Waals surface area (Å²) >= 11 is 0. The molecule has 3 N–H and O–H groups in total. The van der Waals surface area contributed by atoms with E-state index in [-0.39, 0.29) is 42.8 Å². The molecule has 0 fully saturated rings. The number of methoxy groups -OCH3 is 2. The summed E-state index contributed by atoms with van der Waals surface area (Å²) in [6.07, 6.45) is 3.41. The average molecular weight is 650 g/mol. The molecule has 0 unspecified atom stereocenters. The number of hydrogen-bond acceptors (Lipinski definition) is 9. The minimum absolute atomic E-state index is 0.0123. The highest BCUT2D eigenvalue weighted by Gasteiger charge is 2.32. The lowest BCUT2D eigenvalue weighted by molar-refractivity contribution is -0.144. The van der Waals surface area contributed by atoms with Gasteiger partial charge in [-0.1, -0.05) is 69.5 Å². The zero-order valence-electron chi connectivity index (χ0n) is 27.3. The molecule has 3 aromatic rings. The second-order valence-electron chi connectivity index (χ2n) is 10.9. The molecular formula is C35H43N3O9. The van der Waals surface area contributed by atoms with Crippen molar-refractivity contribution in [2.75, 3.05) is 20.9 Å². The van der Waals surface area contributed by atoms with Gasteiger partial charge in [-0.05, 0) is 48.2 Å². The van der Waals surface area contributed by atoms with E-state index in [1.54, 1.807) is 18.2 Å². The largest absolute Gasteiger partial charge is 0.469 e. The lowest BCUT2D eigenvalue weighted by Crippen LogP contribution is -2.45. The fraction of sp³-hybridized carbons (Fsp3) is 0.400. The van der Waals surface area contributed by atoms with Crippen LogP contribution in [0.5, 0.6) is 0 Å². The van der Waals surface area contributed by atoms with Gasteiger partial charge in [-0.15, -0.1) is 0 Å². The molecule has 47 heavy (non-hydrogen) atoms. The van der Waals surface area contributed by atoms with Crippen molar-refractivity contribution in [3.05, 3.63) is 83.1 Å². The second-order valence-corrected chi connectivity index (χ2v) is 10.9. The van der Waals surface area contributed by atoms with Gasteiger partial charge in [0.05, 0.1) is 45.4 Å². The first-order valence-corrected chi connectivity index (χ1v) is 15.6. The highest BCUT2D eigenvalue weighted by Crippen LogP contribution is 2.26.